The number of aromatic nitrogens is 3. The summed E-state index contributed by atoms with van der Waals surface area (Å²) in [5, 5.41) is 4.98. The van der Waals surface area contributed by atoms with Crippen molar-refractivity contribution in [2.75, 3.05) is 11.1 Å². The number of fused-ring (bicyclic) bond motifs is 1. The summed E-state index contributed by atoms with van der Waals surface area (Å²) >= 11 is 0. The van der Waals surface area contributed by atoms with Gasteiger partial charge in [-0.2, -0.15) is 0 Å². The van der Waals surface area contributed by atoms with E-state index in [0.29, 0.717) is 28.8 Å². The summed E-state index contributed by atoms with van der Waals surface area (Å²) in [6, 6.07) is 15.4. The van der Waals surface area contributed by atoms with Crippen LogP contribution < -0.4 is 15.8 Å². The Bertz CT molecular complexity index is 1370. The van der Waals surface area contributed by atoms with Crippen molar-refractivity contribution in [2.45, 2.75) is 33.1 Å². The number of nitrogens with two attached hydrogens (primary N) is 1. The Morgan fingerprint density at radius 2 is 1.91 bits per heavy atom. The SMILES string of the molecule is Cc1ccc2c(NC(=O)[C@@H]3CCC(C)C3)cccc2c1Oc1ncccc1-c1ccnc(N)n1. The number of benzene rings is 2. The summed E-state index contributed by atoms with van der Waals surface area (Å²) in [5.74, 6) is 2.06. The molecule has 1 aliphatic carbocycles. The van der Waals surface area contributed by atoms with Crippen molar-refractivity contribution < 1.29 is 9.53 Å². The van der Waals surface area contributed by atoms with E-state index in [4.69, 9.17) is 10.5 Å². The minimum Gasteiger partial charge on any atom is -0.437 e. The predicted octanol–water partition coefficient (Wildman–Crippen LogP) is 5.75. The minimum atomic E-state index is 0.0720. The smallest absolute Gasteiger partial charge is 0.228 e. The van der Waals surface area contributed by atoms with Crippen LogP contribution in [0.3, 0.4) is 0 Å². The molecular formula is C27H27N5O2. The normalized spacial score (nSPS) is 17.6. The molecule has 0 aliphatic heterocycles. The van der Waals surface area contributed by atoms with Gasteiger partial charge in [-0.05, 0) is 61.9 Å². The molecule has 7 heteroatoms. The summed E-state index contributed by atoms with van der Waals surface area (Å²) in [6.45, 7) is 4.20. The maximum absolute atomic E-state index is 12.9. The van der Waals surface area contributed by atoms with E-state index in [1.165, 1.54) is 0 Å². The van der Waals surface area contributed by atoms with Crippen molar-refractivity contribution in [2.24, 2.45) is 11.8 Å². The zero-order chi connectivity index (χ0) is 23.7. The van der Waals surface area contributed by atoms with Gasteiger partial charge in [-0.3, -0.25) is 4.79 Å². The largest absolute Gasteiger partial charge is 0.437 e. The molecule has 0 radical (unpaired) electrons. The number of hydrogen-bond donors (Lipinski definition) is 2. The second-order valence-electron chi connectivity index (χ2n) is 8.97. The first-order valence-electron chi connectivity index (χ1n) is 11.5. The Morgan fingerprint density at radius 1 is 1.03 bits per heavy atom. The van der Waals surface area contributed by atoms with E-state index in [0.717, 1.165) is 41.3 Å². The number of amides is 1. The third-order valence-electron chi connectivity index (χ3n) is 6.45. The topological polar surface area (TPSA) is 103 Å². The van der Waals surface area contributed by atoms with Crippen LogP contribution in [0.15, 0.2) is 60.9 Å². The number of anilines is 2. The third-order valence-corrected chi connectivity index (χ3v) is 6.45. The highest BCUT2D eigenvalue weighted by Crippen LogP contribution is 2.39. The molecule has 1 saturated carbocycles. The quantitative estimate of drug-likeness (QED) is 0.399. The van der Waals surface area contributed by atoms with Crippen molar-refractivity contribution in [1.82, 2.24) is 15.0 Å². The number of ether oxygens (including phenoxy) is 1. The van der Waals surface area contributed by atoms with Crippen LogP contribution in [0.25, 0.3) is 22.0 Å². The van der Waals surface area contributed by atoms with Gasteiger partial charge in [0.15, 0.2) is 0 Å². The van der Waals surface area contributed by atoms with Crippen LogP contribution in [-0.2, 0) is 4.79 Å². The van der Waals surface area contributed by atoms with Gasteiger partial charge in [0, 0.05) is 34.8 Å². The molecule has 5 rings (SSSR count). The Balaban J connectivity index is 1.51. The van der Waals surface area contributed by atoms with E-state index < -0.39 is 0 Å². The van der Waals surface area contributed by atoms with Crippen LogP contribution >= 0.6 is 0 Å². The van der Waals surface area contributed by atoms with E-state index >= 15 is 0 Å². The monoisotopic (exact) mass is 453 g/mol. The summed E-state index contributed by atoms with van der Waals surface area (Å²) < 4.78 is 6.40. The van der Waals surface area contributed by atoms with Gasteiger partial charge >= 0.3 is 0 Å². The summed E-state index contributed by atoms with van der Waals surface area (Å²) in [4.78, 5) is 25.7. The van der Waals surface area contributed by atoms with Crippen molar-refractivity contribution in [3.8, 4) is 22.9 Å². The fraction of sp³-hybridized carbons (Fsp3) is 0.259. The molecule has 7 nitrogen and oxygen atoms in total. The maximum atomic E-state index is 12.9. The van der Waals surface area contributed by atoms with Gasteiger partial charge in [0.1, 0.15) is 5.75 Å². The molecule has 34 heavy (non-hydrogen) atoms. The number of hydrogen-bond acceptors (Lipinski definition) is 6. The highest BCUT2D eigenvalue weighted by Gasteiger charge is 2.27. The molecule has 2 atom stereocenters. The maximum Gasteiger partial charge on any atom is 0.228 e. The van der Waals surface area contributed by atoms with Crippen LogP contribution in [0.2, 0.25) is 0 Å². The van der Waals surface area contributed by atoms with Gasteiger partial charge in [-0.25, -0.2) is 15.0 Å². The van der Waals surface area contributed by atoms with Crippen LogP contribution in [0.4, 0.5) is 11.6 Å². The first kappa shape index (κ1) is 21.8. The minimum absolute atomic E-state index is 0.0720. The lowest BCUT2D eigenvalue weighted by Crippen LogP contribution is -2.20. The number of carbonyl (C=O) groups is 1. The molecule has 0 spiro atoms. The second kappa shape index (κ2) is 9.09. The van der Waals surface area contributed by atoms with Crippen LogP contribution in [0.1, 0.15) is 31.7 Å². The van der Waals surface area contributed by atoms with E-state index in [2.05, 4.69) is 27.2 Å². The highest BCUT2D eigenvalue weighted by atomic mass is 16.5. The third kappa shape index (κ3) is 4.29. The molecule has 1 aliphatic rings. The van der Waals surface area contributed by atoms with Crippen molar-refractivity contribution >= 4 is 28.3 Å². The van der Waals surface area contributed by atoms with Crippen molar-refractivity contribution in [3.05, 3.63) is 66.5 Å². The van der Waals surface area contributed by atoms with Crippen LogP contribution in [-0.4, -0.2) is 20.9 Å². The standard InChI is InChI=1S/C27H27N5O2/c1-16-8-10-18(15-16)25(33)31-22-7-3-5-20-19(22)11-9-17(2)24(20)34-26-21(6-4-13-29-26)23-12-14-30-27(28)32-23/h3-7,9,11-14,16,18H,8,10,15H2,1-2H3,(H,31,33)(H2,28,30,32)/t16?,18-/m1/s1. The molecule has 0 bridgehead atoms. The Labute approximate surface area is 198 Å². The lowest BCUT2D eigenvalue weighted by atomic mass is 10.0. The second-order valence-corrected chi connectivity index (χ2v) is 8.97. The number of nitrogen functional groups attached to an aromatic ring is 1. The molecule has 2 heterocycles. The fourth-order valence-electron chi connectivity index (χ4n) is 4.65. The Kier molecular flexibility index (Phi) is 5.84. The number of nitrogens with zero attached hydrogens (tertiary/aromatic N) is 3. The molecule has 1 fully saturated rings. The lowest BCUT2D eigenvalue weighted by molar-refractivity contribution is -0.119. The summed E-state index contributed by atoms with van der Waals surface area (Å²) in [6.07, 6.45) is 6.28. The van der Waals surface area contributed by atoms with E-state index in [1.54, 1.807) is 18.5 Å². The highest BCUT2D eigenvalue weighted by molar-refractivity contribution is 6.05. The molecule has 2 aromatic carbocycles. The van der Waals surface area contributed by atoms with E-state index in [-0.39, 0.29) is 17.8 Å². The van der Waals surface area contributed by atoms with Crippen LogP contribution in [0.5, 0.6) is 11.6 Å². The molecule has 1 amide bonds. The Hall–Kier alpha value is -4.00. The first-order valence-corrected chi connectivity index (χ1v) is 11.5. The fourth-order valence-corrected chi connectivity index (χ4v) is 4.65. The predicted molar refractivity (Wildman–Crippen MR) is 134 cm³/mol. The van der Waals surface area contributed by atoms with E-state index in [1.807, 2.05) is 49.4 Å². The summed E-state index contributed by atoms with van der Waals surface area (Å²) in [7, 11) is 0. The van der Waals surface area contributed by atoms with Crippen molar-refractivity contribution in [3.63, 3.8) is 0 Å². The number of pyridine rings is 1. The van der Waals surface area contributed by atoms with Gasteiger partial charge in [-0.15, -0.1) is 0 Å². The zero-order valence-electron chi connectivity index (χ0n) is 19.3. The Morgan fingerprint density at radius 3 is 2.71 bits per heavy atom. The van der Waals surface area contributed by atoms with E-state index in [9.17, 15) is 4.79 Å². The average molecular weight is 454 g/mol. The molecule has 1 unspecified atom stereocenters. The number of aryl methyl sites for hydroxylation is 1. The van der Waals surface area contributed by atoms with Gasteiger partial charge in [0.2, 0.25) is 17.7 Å². The molecule has 3 N–H and O–H groups in total. The number of rotatable bonds is 5. The zero-order valence-corrected chi connectivity index (χ0v) is 19.3. The number of nitrogens with one attached hydrogen (secondary N) is 1. The molecule has 0 saturated heterocycles. The van der Waals surface area contributed by atoms with Gasteiger partial charge in [0.25, 0.3) is 0 Å². The van der Waals surface area contributed by atoms with Gasteiger partial charge in [0.05, 0.1) is 11.3 Å². The lowest BCUT2D eigenvalue weighted by Gasteiger charge is -2.17. The van der Waals surface area contributed by atoms with Crippen LogP contribution in [0, 0.1) is 18.8 Å². The molecule has 172 valence electrons. The molecule has 4 aromatic rings. The average Bonchev–Trinajstić information content (AvgIpc) is 3.28. The molecule has 2 aromatic heterocycles. The van der Waals surface area contributed by atoms with Gasteiger partial charge < -0.3 is 15.8 Å². The summed E-state index contributed by atoms with van der Waals surface area (Å²) in [5.41, 5.74) is 8.88. The van der Waals surface area contributed by atoms with Gasteiger partial charge in [-0.1, -0.05) is 31.2 Å². The first-order chi connectivity index (χ1) is 16.5. The molecular weight excluding hydrogens is 426 g/mol. The van der Waals surface area contributed by atoms with Crippen molar-refractivity contribution in [1.29, 1.82) is 0 Å². The number of carbonyl (C=O) groups excluding carboxylic acids is 1.